The van der Waals surface area contributed by atoms with Gasteiger partial charge in [0.1, 0.15) is 0 Å². The fourth-order valence-electron chi connectivity index (χ4n) is 1.73. The molecule has 0 aliphatic rings. The highest BCUT2D eigenvalue weighted by molar-refractivity contribution is 5.36. The molecule has 0 aromatic carbocycles. The zero-order valence-electron chi connectivity index (χ0n) is 10.3. The Bertz CT molecular complexity index is 468. The van der Waals surface area contributed by atoms with Crippen LogP contribution >= 0.6 is 0 Å². The van der Waals surface area contributed by atoms with E-state index in [-0.39, 0.29) is 0 Å². The van der Waals surface area contributed by atoms with Gasteiger partial charge in [-0.3, -0.25) is 14.3 Å². The van der Waals surface area contributed by atoms with Crippen molar-refractivity contribution in [1.82, 2.24) is 19.3 Å². The molecule has 5 heteroatoms. The van der Waals surface area contributed by atoms with Gasteiger partial charge < -0.3 is 4.74 Å². The summed E-state index contributed by atoms with van der Waals surface area (Å²) >= 11 is 0. The molecule has 2 rings (SSSR count). The number of hydrogen-bond acceptors (Lipinski definition) is 4. The molecule has 92 valence electrons. The highest BCUT2D eigenvalue weighted by Gasteiger charge is 2.05. The van der Waals surface area contributed by atoms with Crippen LogP contribution in [0.15, 0.2) is 24.8 Å². The molecule has 0 aliphatic carbocycles. The van der Waals surface area contributed by atoms with Crippen molar-refractivity contribution in [3.05, 3.63) is 30.5 Å². The topological polar surface area (TPSA) is 42.7 Å². The molecule has 0 bridgehead atoms. The molecule has 5 nitrogen and oxygen atoms in total. The summed E-state index contributed by atoms with van der Waals surface area (Å²) in [6, 6.07) is 0. The predicted molar refractivity (Wildman–Crippen MR) is 65.8 cm³/mol. The highest BCUT2D eigenvalue weighted by Crippen LogP contribution is 2.06. The molecule has 0 saturated heterocycles. The first-order valence-corrected chi connectivity index (χ1v) is 5.83. The summed E-state index contributed by atoms with van der Waals surface area (Å²) in [4.78, 5) is 10.6. The molecule has 0 fully saturated rings. The number of aromatic nitrogens is 3. The van der Waals surface area contributed by atoms with Crippen molar-refractivity contribution in [2.45, 2.75) is 13.5 Å². The first kappa shape index (κ1) is 12.0. The third-order valence-electron chi connectivity index (χ3n) is 2.65. The van der Waals surface area contributed by atoms with Crippen LogP contribution in [0.1, 0.15) is 12.6 Å². The quantitative estimate of drug-likeness (QED) is 0.704. The van der Waals surface area contributed by atoms with Gasteiger partial charge in [0, 0.05) is 32.1 Å². The van der Waals surface area contributed by atoms with E-state index in [0.29, 0.717) is 0 Å². The molecule has 0 N–H and O–H groups in total. The Morgan fingerprint density at radius 3 is 3.12 bits per heavy atom. The summed E-state index contributed by atoms with van der Waals surface area (Å²) in [6.07, 6.45) is 7.38. The second-order valence-corrected chi connectivity index (χ2v) is 3.99. The average Bonchev–Trinajstić information content (AvgIpc) is 2.73. The average molecular weight is 234 g/mol. The first-order chi connectivity index (χ1) is 8.31. The van der Waals surface area contributed by atoms with Crippen LogP contribution in [0.25, 0.3) is 5.65 Å². The van der Waals surface area contributed by atoms with E-state index < -0.39 is 0 Å². The molecule has 0 aliphatic heterocycles. The molecule has 0 atom stereocenters. The molecule has 0 radical (unpaired) electrons. The summed E-state index contributed by atoms with van der Waals surface area (Å²) in [5, 5.41) is 0. The lowest BCUT2D eigenvalue weighted by atomic mass is 10.4. The molecule has 0 saturated carbocycles. The monoisotopic (exact) mass is 234 g/mol. The van der Waals surface area contributed by atoms with E-state index in [1.54, 1.807) is 12.4 Å². The van der Waals surface area contributed by atoms with Gasteiger partial charge in [0.2, 0.25) is 0 Å². The Balaban J connectivity index is 1.98. The number of nitrogens with zero attached hydrogens (tertiary/aromatic N) is 4. The summed E-state index contributed by atoms with van der Waals surface area (Å²) in [5.41, 5.74) is 2.06. The van der Waals surface area contributed by atoms with Crippen LogP contribution < -0.4 is 0 Å². The SMILES string of the molecule is CCOCCN(C)Cc1cnc2cnccn12. The Morgan fingerprint density at radius 2 is 2.29 bits per heavy atom. The maximum absolute atomic E-state index is 5.34. The second kappa shape index (κ2) is 5.75. The van der Waals surface area contributed by atoms with E-state index in [9.17, 15) is 0 Å². The van der Waals surface area contributed by atoms with Crippen LogP contribution in [0, 0.1) is 0 Å². The Kier molecular flexibility index (Phi) is 4.06. The van der Waals surface area contributed by atoms with Crippen molar-refractivity contribution in [3.8, 4) is 0 Å². The third kappa shape index (κ3) is 3.01. The zero-order chi connectivity index (χ0) is 12.1. The van der Waals surface area contributed by atoms with Gasteiger partial charge in [-0.2, -0.15) is 0 Å². The zero-order valence-corrected chi connectivity index (χ0v) is 10.3. The minimum atomic E-state index is 0.769. The fraction of sp³-hybridized carbons (Fsp3) is 0.500. The summed E-state index contributed by atoms with van der Waals surface area (Å²) in [5.74, 6) is 0. The normalized spacial score (nSPS) is 11.5. The van der Waals surface area contributed by atoms with E-state index in [4.69, 9.17) is 4.74 Å². The number of rotatable bonds is 6. The van der Waals surface area contributed by atoms with Crippen LogP contribution in [0.2, 0.25) is 0 Å². The van der Waals surface area contributed by atoms with Crippen LogP contribution in [-0.2, 0) is 11.3 Å². The van der Waals surface area contributed by atoms with Crippen molar-refractivity contribution in [2.75, 3.05) is 26.8 Å². The van der Waals surface area contributed by atoms with Gasteiger partial charge in [0.05, 0.1) is 24.7 Å². The minimum Gasteiger partial charge on any atom is -0.380 e. The lowest BCUT2D eigenvalue weighted by molar-refractivity contribution is 0.120. The molecular formula is C12H18N4O. The van der Waals surface area contributed by atoms with Crippen LogP contribution in [0.5, 0.6) is 0 Å². The second-order valence-electron chi connectivity index (χ2n) is 3.99. The third-order valence-corrected chi connectivity index (χ3v) is 2.65. The largest absolute Gasteiger partial charge is 0.380 e. The van der Waals surface area contributed by atoms with E-state index in [1.807, 2.05) is 19.3 Å². The van der Waals surface area contributed by atoms with Gasteiger partial charge in [-0.1, -0.05) is 0 Å². The van der Waals surface area contributed by atoms with E-state index in [0.717, 1.165) is 32.0 Å². The fourth-order valence-corrected chi connectivity index (χ4v) is 1.73. The Labute approximate surface area is 101 Å². The van der Waals surface area contributed by atoms with Gasteiger partial charge in [-0.05, 0) is 14.0 Å². The van der Waals surface area contributed by atoms with Gasteiger partial charge in [-0.25, -0.2) is 4.98 Å². The smallest absolute Gasteiger partial charge is 0.155 e. The molecule has 2 aromatic rings. The first-order valence-electron chi connectivity index (χ1n) is 5.83. The van der Waals surface area contributed by atoms with Gasteiger partial charge in [-0.15, -0.1) is 0 Å². The molecular weight excluding hydrogens is 216 g/mol. The number of imidazole rings is 1. The van der Waals surface area contributed by atoms with Crippen LogP contribution in [-0.4, -0.2) is 46.1 Å². The predicted octanol–water partition coefficient (Wildman–Crippen LogP) is 1.20. The van der Waals surface area contributed by atoms with Gasteiger partial charge in [0.15, 0.2) is 5.65 Å². The number of fused-ring (bicyclic) bond motifs is 1. The molecule has 2 aromatic heterocycles. The molecule has 0 amide bonds. The lowest BCUT2D eigenvalue weighted by Gasteiger charge is -2.15. The van der Waals surface area contributed by atoms with E-state index in [1.165, 1.54) is 5.69 Å². The van der Waals surface area contributed by atoms with Crippen molar-refractivity contribution < 1.29 is 4.74 Å². The molecule has 0 unspecified atom stereocenters. The summed E-state index contributed by atoms with van der Waals surface area (Å²) in [6.45, 7) is 5.34. The molecule has 17 heavy (non-hydrogen) atoms. The van der Waals surface area contributed by atoms with Gasteiger partial charge >= 0.3 is 0 Å². The maximum atomic E-state index is 5.34. The van der Waals surface area contributed by atoms with Crippen molar-refractivity contribution in [3.63, 3.8) is 0 Å². The van der Waals surface area contributed by atoms with Gasteiger partial charge in [0.25, 0.3) is 0 Å². The Morgan fingerprint density at radius 1 is 1.41 bits per heavy atom. The number of likely N-dealkylation sites (N-methyl/N-ethyl adjacent to an activating group) is 1. The molecule has 0 spiro atoms. The van der Waals surface area contributed by atoms with Crippen LogP contribution in [0.4, 0.5) is 0 Å². The van der Waals surface area contributed by atoms with Crippen molar-refractivity contribution in [1.29, 1.82) is 0 Å². The van der Waals surface area contributed by atoms with Crippen LogP contribution in [0.3, 0.4) is 0 Å². The van der Waals surface area contributed by atoms with E-state index in [2.05, 4.69) is 26.3 Å². The summed E-state index contributed by atoms with van der Waals surface area (Å²) in [7, 11) is 2.08. The standard InChI is InChI=1S/C12H18N4O/c1-3-17-7-6-15(2)10-11-8-14-12-9-13-4-5-16(11)12/h4-5,8-9H,3,6-7,10H2,1-2H3. The lowest BCUT2D eigenvalue weighted by Crippen LogP contribution is -2.23. The molecule has 2 heterocycles. The maximum Gasteiger partial charge on any atom is 0.155 e. The number of ether oxygens (including phenoxy) is 1. The highest BCUT2D eigenvalue weighted by atomic mass is 16.5. The number of hydrogen-bond donors (Lipinski definition) is 0. The van der Waals surface area contributed by atoms with Crippen molar-refractivity contribution >= 4 is 5.65 Å². The minimum absolute atomic E-state index is 0.769. The van der Waals surface area contributed by atoms with E-state index >= 15 is 0 Å². The summed E-state index contributed by atoms with van der Waals surface area (Å²) < 4.78 is 7.40. The Hall–Kier alpha value is -1.46. The van der Waals surface area contributed by atoms with Crippen molar-refractivity contribution in [2.24, 2.45) is 0 Å².